The predicted octanol–water partition coefficient (Wildman–Crippen LogP) is 2.86. The van der Waals surface area contributed by atoms with Crippen LogP contribution in [0.2, 0.25) is 0 Å². The van der Waals surface area contributed by atoms with Crippen LogP contribution in [-0.2, 0) is 4.79 Å². The van der Waals surface area contributed by atoms with Crippen molar-refractivity contribution in [1.82, 2.24) is 4.90 Å². The molecule has 16 heavy (non-hydrogen) atoms. The molecular formula is C14H25NO. The minimum Gasteiger partial charge on any atom is -0.298 e. The van der Waals surface area contributed by atoms with Gasteiger partial charge in [-0.3, -0.25) is 9.69 Å². The van der Waals surface area contributed by atoms with Crippen LogP contribution in [0.1, 0.15) is 53.9 Å². The number of rotatable bonds is 2. The van der Waals surface area contributed by atoms with Crippen molar-refractivity contribution in [1.29, 1.82) is 0 Å². The molecule has 1 spiro atoms. The topological polar surface area (TPSA) is 20.3 Å². The van der Waals surface area contributed by atoms with Crippen LogP contribution < -0.4 is 0 Å². The predicted molar refractivity (Wildman–Crippen MR) is 66.4 cm³/mol. The molecule has 1 saturated carbocycles. The van der Waals surface area contributed by atoms with Gasteiger partial charge in [-0.1, -0.05) is 13.3 Å². The highest BCUT2D eigenvalue weighted by Crippen LogP contribution is 2.62. The van der Waals surface area contributed by atoms with Crippen molar-refractivity contribution in [2.75, 3.05) is 6.54 Å². The van der Waals surface area contributed by atoms with E-state index >= 15 is 0 Å². The summed E-state index contributed by atoms with van der Waals surface area (Å²) in [6.07, 6.45) is 3.74. The van der Waals surface area contributed by atoms with E-state index in [2.05, 4.69) is 32.6 Å². The molecule has 0 bridgehead atoms. The van der Waals surface area contributed by atoms with Crippen LogP contribution in [0.15, 0.2) is 0 Å². The van der Waals surface area contributed by atoms with E-state index in [0.717, 1.165) is 18.9 Å². The van der Waals surface area contributed by atoms with Crippen LogP contribution in [0.5, 0.6) is 0 Å². The van der Waals surface area contributed by atoms with Gasteiger partial charge in [0.05, 0.1) is 6.04 Å². The van der Waals surface area contributed by atoms with Crippen LogP contribution in [0.25, 0.3) is 0 Å². The zero-order valence-electron chi connectivity index (χ0n) is 11.3. The Morgan fingerprint density at radius 2 is 2.00 bits per heavy atom. The van der Waals surface area contributed by atoms with Crippen molar-refractivity contribution >= 4 is 5.78 Å². The number of nitrogens with zero attached hydrogens (tertiary/aromatic N) is 1. The molecule has 1 aliphatic heterocycles. The lowest BCUT2D eigenvalue weighted by Crippen LogP contribution is -2.47. The van der Waals surface area contributed by atoms with Gasteiger partial charge in [0.1, 0.15) is 5.78 Å². The molecule has 0 N–H and O–H groups in total. The monoisotopic (exact) mass is 223 g/mol. The summed E-state index contributed by atoms with van der Waals surface area (Å²) in [7, 11) is 0. The van der Waals surface area contributed by atoms with Crippen molar-refractivity contribution in [3.63, 3.8) is 0 Å². The quantitative estimate of drug-likeness (QED) is 0.717. The first-order valence-corrected chi connectivity index (χ1v) is 6.57. The Kier molecular flexibility index (Phi) is 2.69. The molecule has 1 unspecified atom stereocenters. The Balaban J connectivity index is 2.17. The van der Waals surface area contributed by atoms with E-state index in [-0.39, 0.29) is 11.6 Å². The van der Waals surface area contributed by atoms with Crippen molar-refractivity contribution in [3.05, 3.63) is 0 Å². The highest BCUT2D eigenvalue weighted by atomic mass is 16.1. The highest BCUT2D eigenvalue weighted by molar-refractivity contribution is 5.82. The molecule has 0 radical (unpaired) electrons. The third-order valence-corrected chi connectivity index (χ3v) is 4.64. The zero-order valence-corrected chi connectivity index (χ0v) is 11.3. The fraction of sp³-hybridized carbons (Fsp3) is 0.929. The Morgan fingerprint density at radius 1 is 1.38 bits per heavy atom. The summed E-state index contributed by atoms with van der Waals surface area (Å²) in [6.45, 7) is 11.9. The molecule has 2 heteroatoms. The first-order valence-electron chi connectivity index (χ1n) is 6.57. The van der Waals surface area contributed by atoms with Crippen molar-refractivity contribution in [3.8, 4) is 0 Å². The summed E-state index contributed by atoms with van der Waals surface area (Å²) in [5, 5.41) is 0. The Hall–Kier alpha value is -0.370. The van der Waals surface area contributed by atoms with E-state index in [1.165, 1.54) is 12.8 Å². The Morgan fingerprint density at radius 3 is 2.31 bits per heavy atom. The number of ketones is 1. The second kappa shape index (κ2) is 3.56. The summed E-state index contributed by atoms with van der Waals surface area (Å²) in [5.41, 5.74) is 0.624. The van der Waals surface area contributed by atoms with Gasteiger partial charge >= 0.3 is 0 Å². The zero-order chi connectivity index (χ0) is 12.1. The van der Waals surface area contributed by atoms with E-state index in [0.29, 0.717) is 11.2 Å². The summed E-state index contributed by atoms with van der Waals surface area (Å²) in [4.78, 5) is 14.2. The van der Waals surface area contributed by atoms with E-state index < -0.39 is 0 Å². The number of Topliss-reactive ketones (excluding diaryl/α,β-unsaturated/α-hetero) is 1. The minimum atomic E-state index is 0.126. The summed E-state index contributed by atoms with van der Waals surface area (Å²) in [5.74, 6) is 1.23. The molecule has 0 aromatic rings. The molecule has 2 rings (SSSR count). The maximum absolute atomic E-state index is 11.8. The van der Waals surface area contributed by atoms with Crippen LogP contribution in [-0.4, -0.2) is 28.8 Å². The Bertz CT molecular complexity index is 304. The normalized spacial score (nSPS) is 39.3. The number of carbonyl (C=O) groups excluding carboxylic acids is 1. The van der Waals surface area contributed by atoms with Crippen LogP contribution in [0.3, 0.4) is 0 Å². The van der Waals surface area contributed by atoms with Gasteiger partial charge in [0, 0.05) is 12.1 Å². The van der Waals surface area contributed by atoms with Crippen molar-refractivity contribution < 1.29 is 4.79 Å². The smallest absolute Gasteiger partial charge is 0.146 e. The van der Waals surface area contributed by atoms with E-state index in [1.807, 2.05) is 0 Å². The lowest BCUT2D eigenvalue weighted by atomic mass is 9.97. The molecule has 3 atom stereocenters. The maximum Gasteiger partial charge on any atom is 0.146 e. The lowest BCUT2D eigenvalue weighted by molar-refractivity contribution is -0.122. The van der Waals surface area contributed by atoms with Crippen LogP contribution in [0.4, 0.5) is 0 Å². The molecule has 92 valence electrons. The summed E-state index contributed by atoms with van der Waals surface area (Å²) < 4.78 is 0. The van der Waals surface area contributed by atoms with Gasteiger partial charge < -0.3 is 0 Å². The van der Waals surface area contributed by atoms with Gasteiger partial charge in [-0.05, 0) is 51.9 Å². The molecule has 2 fully saturated rings. The number of likely N-dealkylation sites (tertiary alicyclic amines) is 1. The van der Waals surface area contributed by atoms with Crippen molar-refractivity contribution in [2.45, 2.75) is 65.5 Å². The van der Waals surface area contributed by atoms with Gasteiger partial charge in [-0.2, -0.15) is 0 Å². The molecule has 0 amide bonds. The van der Waals surface area contributed by atoms with Gasteiger partial charge in [0.15, 0.2) is 0 Å². The average molecular weight is 223 g/mol. The number of hydrogen-bond donors (Lipinski definition) is 0. The molecular weight excluding hydrogens is 198 g/mol. The Labute approximate surface area is 99.4 Å². The fourth-order valence-electron chi connectivity index (χ4n) is 3.53. The van der Waals surface area contributed by atoms with Gasteiger partial charge in [-0.25, -0.2) is 0 Å². The molecule has 2 nitrogen and oxygen atoms in total. The van der Waals surface area contributed by atoms with Crippen LogP contribution >= 0.6 is 0 Å². The molecule has 1 aliphatic carbocycles. The van der Waals surface area contributed by atoms with E-state index in [4.69, 9.17) is 0 Å². The molecule has 0 aromatic heterocycles. The van der Waals surface area contributed by atoms with Gasteiger partial charge in [0.2, 0.25) is 0 Å². The SMILES string of the molecule is CCC1C[C@@]12C[C@@H](C(C)=O)N(C(C)(C)C)C2. The highest BCUT2D eigenvalue weighted by Gasteiger charge is 2.60. The number of carbonyl (C=O) groups is 1. The third kappa shape index (κ3) is 1.81. The molecule has 0 aromatic carbocycles. The first-order chi connectivity index (χ1) is 7.30. The summed E-state index contributed by atoms with van der Waals surface area (Å²) >= 11 is 0. The van der Waals surface area contributed by atoms with E-state index in [9.17, 15) is 4.79 Å². The largest absolute Gasteiger partial charge is 0.298 e. The standard InChI is InChI=1S/C14H25NO/c1-6-11-7-14(11)8-12(10(2)16)15(9-14)13(3,4)5/h11-12H,6-9H2,1-5H3/t11?,12-,14-/m0/s1. The van der Waals surface area contributed by atoms with Crippen molar-refractivity contribution in [2.24, 2.45) is 11.3 Å². The van der Waals surface area contributed by atoms with E-state index in [1.54, 1.807) is 6.92 Å². The molecule has 1 heterocycles. The fourth-order valence-corrected chi connectivity index (χ4v) is 3.53. The summed E-state index contributed by atoms with van der Waals surface area (Å²) in [6, 6.07) is 0.177. The van der Waals surface area contributed by atoms with Crippen LogP contribution in [0, 0.1) is 11.3 Å². The molecule has 1 saturated heterocycles. The number of hydrogen-bond acceptors (Lipinski definition) is 2. The van der Waals surface area contributed by atoms with Gasteiger partial charge in [0.25, 0.3) is 0 Å². The lowest BCUT2D eigenvalue weighted by Gasteiger charge is -2.36. The molecule has 2 aliphatic rings. The van der Waals surface area contributed by atoms with Gasteiger partial charge in [-0.15, -0.1) is 0 Å². The third-order valence-electron chi connectivity index (χ3n) is 4.64. The maximum atomic E-state index is 11.8. The minimum absolute atomic E-state index is 0.126. The first kappa shape index (κ1) is 12.1. The second-order valence-corrected chi connectivity index (χ2v) is 6.80. The second-order valence-electron chi connectivity index (χ2n) is 6.80. The average Bonchev–Trinajstić information content (AvgIpc) is 2.64.